The van der Waals surface area contributed by atoms with E-state index in [4.69, 9.17) is 0 Å². The first-order valence-corrected chi connectivity index (χ1v) is 6.28. The van der Waals surface area contributed by atoms with Gasteiger partial charge in [0.25, 0.3) is 0 Å². The Bertz CT molecular complexity index is 202. The lowest BCUT2D eigenvalue weighted by Gasteiger charge is -2.22. The van der Waals surface area contributed by atoms with Crippen LogP contribution < -0.4 is 0 Å². The molecule has 0 saturated carbocycles. The SMILES string of the molecule is C1=CC(C2CCC=CCC2)CCCC1. The van der Waals surface area contributed by atoms with Crippen LogP contribution in [-0.4, -0.2) is 0 Å². The molecule has 0 N–H and O–H groups in total. The molecule has 0 bridgehead atoms. The molecule has 0 aromatic carbocycles. The third-order valence-corrected chi connectivity index (χ3v) is 3.72. The van der Waals surface area contributed by atoms with Gasteiger partial charge in [-0.05, 0) is 56.8 Å². The quantitative estimate of drug-likeness (QED) is 0.535. The van der Waals surface area contributed by atoms with Gasteiger partial charge in [0.1, 0.15) is 0 Å². The Morgan fingerprint density at radius 2 is 1.50 bits per heavy atom. The summed E-state index contributed by atoms with van der Waals surface area (Å²) in [6.45, 7) is 0. The van der Waals surface area contributed by atoms with E-state index in [1.807, 2.05) is 0 Å². The van der Waals surface area contributed by atoms with Gasteiger partial charge in [0.2, 0.25) is 0 Å². The molecule has 0 spiro atoms. The molecule has 0 fully saturated rings. The van der Waals surface area contributed by atoms with Crippen LogP contribution in [0.2, 0.25) is 0 Å². The molecule has 1 atom stereocenters. The van der Waals surface area contributed by atoms with Crippen molar-refractivity contribution in [2.45, 2.75) is 51.4 Å². The fourth-order valence-corrected chi connectivity index (χ4v) is 2.83. The van der Waals surface area contributed by atoms with Crippen molar-refractivity contribution in [3.63, 3.8) is 0 Å². The maximum atomic E-state index is 2.52. The first-order valence-electron chi connectivity index (χ1n) is 6.28. The first-order chi connectivity index (χ1) is 6.97. The van der Waals surface area contributed by atoms with Crippen molar-refractivity contribution in [2.75, 3.05) is 0 Å². The van der Waals surface area contributed by atoms with Gasteiger partial charge in [-0.15, -0.1) is 0 Å². The van der Waals surface area contributed by atoms with Crippen LogP contribution in [0, 0.1) is 11.8 Å². The Morgan fingerprint density at radius 1 is 0.714 bits per heavy atom. The van der Waals surface area contributed by atoms with Crippen LogP contribution in [0.1, 0.15) is 51.4 Å². The summed E-state index contributed by atoms with van der Waals surface area (Å²) in [5, 5.41) is 0. The van der Waals surface area contributed by atoms with E-state index in [2.05, 4.69) is 24.3 Å². The predicted molar refractivity (Wildman–Crippen MR) is 62.2 cm³/mol. The zero-order chi connectivity index (χ0) is 9.64. The summed E-state index contributed by atoms with van der Waals surface area (Å²) < 4.78 is 0. The average Bonchev–Trinajstić information content (AvgIpc) is 2.62. The topological polar surface area (TPSA) is 0 Å². The molecule has 0 aromatic heterocycles. The van der Waals surface area contributed by atoms with Crippen molar-refractivity contribution < 1.29 is 0 Å². The highest BCUT2D eigenvalue weighted by Crippen LogP contribution is 2.32. The second kappa shape index (κ2) is 5.38. The molecule has 1 unspecified atom stereocenters. The molecule has 0 radical (unpaired) electrons. The Morgan fingerprint density at radius 3 is 2.29 bits per heavy atom. The number of allylic oxidation sites excluding steroid dienone is 4. The van der Waals surface area contributed by atoms with E-state index in [0.29, 0.717) is 0 Å². The van der Waals surface area contributed by atoms with Crippen LogP contribution >= 0.6 is 0 Å². The summed E-state index contributed by atoms with van der Waals surface area (Å²) in [5.41, 5.74) is 0. The van der Waals surface area contributed by atoms with Gasteiger partial charge >= 0.3 is 0 Å². The Kier molecular flexibility index (Phi) is 3.85. The van der Waals surface area contributed by atoms with Gasteiger partial charge in [0.05, 0.1) is 0 Å². The van der Waals surface area contributed by atoms with Crippen molar-refractivity contribution in [3.8, 4) is 0 Å². The smallest absolute Gasteiger partial charge is 0.0205 e. The van der Waals surface area contributed by atoms with Crippen LogP contribution in [0.3, 0.4) is 0 Å². The van der Waals surface area contributed by atoms with Crippen molar-refractivity contribution in [1.82, 2.24) is 0 Å². The van der Waals surface area contributed by atoms with Crippen molar-refractivity contribution >= 4 is 0 Å². The normalized spacial score (nSPS) is 29.9. The Balaban J connectivity index is 1.91. The molecular formula is C14H22. The summed E-state index contributed by atoms with van der Waals surface area (Å²) in [4.78, 5) is 0. The minimum atomic E-state index is 0.900. The van der Waals surface area contributed by atoms with Gasteiger partial charge in [-0.1, -0.05) is 30.7 Å². The molecule has 0 nitrogen and oxygen atoms in total. The van der Waals surface area contributed by atoms with E-state index in [1.165, 1.54) is 51.4 Å². The minimum Gasteiger partial charge on any atom is -0.0885 e. The molecule has 78 valence electrons. The highest BCUT2D eigenvalue weighted by atomic mass is 14.2. The highest BCUT2D eigenvalue weighted by molar-refractivity contribution is 4.97. The summed E-state index contributed by atoms with van der Waals surface area (Å²) >= 11 is 0. The van der Waals surface area contributed by atoms with Crippen LogP contribution in [0.25, 0.3) is 0 Å². The maximum Gasteiger partial charge on any atom is -0.0205 e. The molecule has 0 heteroatoms. The zero-order valence-corrected chi connectivity index (χ0v) is 9.12. The first kappa shape index (κ1) is 10.0. The van der Waals surface area contributed by atoms with E-state index in [-0.39, 0.29) is 0 Å². The van der Waals surface area contributed by atoms with E-state index >= 15 is 0 Å². The van der Waals surface area contributed by atoms with E-state index in [0.717, 1.165) is 11.8 Å². The van der Waals surface area contributed by atoms with Crippen LogP contribution in [0.4, 0.5) is 0 Å². The maximum absolute atomic E-state index is 2.52. The van der Waals surface area contributed by atoms with Gasteiger partial charge in [-0.3, -0.25) is 0 Å². The van der Waals surface area contributed by atoms with Gasteiger partial charge < -0.3 is 0 Å². The van der Waals surface area contributed by atoms with Gasteiger partial charge in [0, 0.05) is 0 Å². The van der Waals surface area contributed by atoms with Crippen LogP contribution in [0.5, 0.6) is 0 Å². The van der Waals surface area contributed by atoms with Crippen molar-refractivity contribution in [3.05, 3.63) is 24.3 Å². The lowest BCUT2D eigenvalue weighted by atomic mass is 9.83. The fraction of sp³-hybridized carbons (Fsp3) is 0.714. The van der Waals surface area contributed by atoms with E-state index < -0.39 is 0 Å². The molecule has 0 aromatic rings. The van der Waals surface area contributed by atoms with Crippen molar-refractivity contribution in [2.24, 2.45) is 11.8 Å². The Hall–Kier alpha value is -0.520. The standard InChI is InChI=1S/C14H22/c1-2-6-10-13(9-5-1)14-11-7-3-4-8-12-14/h1-2,7,11,13-14H,3-6,8-10,12H2. The van der Waals surface area contributed by atoms with Gasteiger partial charge in [-0.2, -0.15) is 0 Å². The second-order valence-corrected chi connectivity index (χ2v) is 4.76. The summed E-state index contributed by atoms with van der Waals surface area (Å²) in [7, 11) is 0. The van der Waals surface area contributed by atoms with Crippen LogP contribution in [0.15, 0.2) is 24.3 Å². The lowest BCUT2D eigenvalue weighted by molar-refractivity contribution is 0.335. The summed E-state index contributed by atoms with van der Waals surface area (Å²) in [6.07, 6.45) is 20.8. The zero-order valence-electron chi connectivity index (χ0n) is 9.12. The summed E-state index contributed by atoms with van der Waals surface area (Å²) in [5.74, 6) is 1.87. The molecule has 0 saturated heterocycles. The molecule has 14 heavy (non-hydrogen) atoms. The van der Waals surface area contributed by atoms with Crippen molar-refractivity contribution in [1.29, 1.82) is 0 Å². The van der Waals surface area contributed by atoms with Gasteiger partial charge in [0.15, 0.2) is 0 Å². The number of hydrogen-bond donors (Lipinski definition) is 0. The molecule has 2 rings (SSSR count). The number of rotatable bonds is 1. The monoisotopic (exact) mass is 190 g/mol. The highest BCUT2D eigenvalue weighted by Gasteiger charge is 2.19. The fourth-order valence-electron chi connectivity index (χ4n) is 2.83. The van der Waals surface area contributed by atoms with Crippen LogP contribution in [-0.2, 0) is 0 Å². The summed E-state index contributed by atoms with van der Waals surface area (Å²) in [6, 6.07) is 0. The molecule has 0 amide bonds. The second-order valence-electron chi connectivity index (χ2n) is 4.76. The molecule has 0 heterocycles. The lowest BCUT2D eigenvalue weighted by Crippen LogP contribution is -2.11. The third-order valence-electron chi connectivity index (χ3n) is 3.72. The van der Waals surface area contributed by atoms with Gasteiger partial charge in [-0.25, -0.2) is 0 Å². The molecule has 2 aliphatic carbocycles. The van der Waals surface area contributed by atoms with E-state index in [9.17, 15) is 0 Å². The average molecular weight is 190 g/mol. The molecule has 0 aliphatic heterocycles. The third kappa shape index (κ3) is 2.73. The van der Waals surface area contributed by atoms with E-state index in [1.54, 1.807) is 0 Å². The number of hydrogen-bond acceptors (Lipinski definition) is 0. The molecule has 2 aliphatic rings. The largest absolute Gasteiger partial charge is 0.0885 e. The Labute approximate surface area is 88.1 Å². The predicted octanol–water partition coefficient (Wildman–Crippen LogP) is 4.48. The minimum absolute atomic E-state index is 0.900. The molecular weight excluding hydrogens is 168 g/mol.